The molecule has 2 atom stereocenters. The van der Waals surface area contributed by atoms with Crippen molar-refractivity contribution in [2.24, 2.45) is 5.92 Å². The van der Waals surface area contributed by atoms with Crippen molar-refractivity contribution in [1.82, 2.24) is 10.6 Å². The molecule has 2 N–H and O–H groups in total. The Bertz CT molecular complexity index is 149. The summed E-state index contributed by atoms with van der Waals surface area (Å²) in [7, 11) is 0. The third-order valence-corrected chi connectivity index (χ3v) is 2.63. The highest BCUT2D eigenvalue weighted by molar-refractivity contribution is 4.91. The minimum Gasteiger partial charge on any atom is -0.312 e. The van der Waals surface area contributed by atoms with E-state index in [4.69, 9.17) is 0 Å². The summed E-state index contributed by atoms with van der Waals surface area (Å²) in [6.45, 7) is 11.1. The van der Waals surface area contributed by atoms with Crippen molar-refractivity contribution in [3.63, 3.8) is 0 Å². The van der Waals surface area contributed by atoms with Crippen LogP contribution in [-0.4, -0.2) is 24.7 Å². The van der Waals surface area contributed by atoms with Crippen LogP contribution < -0.4 is 10.6 Å². The van der Waals surface area contributed by atoms with Crippen LogP contribution in [0, 0.1) is 5.92 Å². The van der Waals surface area contributed by atoms with Gasteiger partial charge in [0.1, 0.15) is 0 Å². The average molecular weight is 184 g/mol. The van der Waals surface area contributed by atoms with Crippen molar-refractivity contribution in [3.8, 4) is 0 Å². The van der Waals surface area contributed by atoms with Crippen molar-refractivity contribution in [3.05, 3.63) is 0 Å². The van der Waals surface area contributed by atoms with Gasteiger partial charge in [0.25, 0.3) is 0 Å². The predicted octanol–water partition coefficient (Wildman–Crippen LogP) is 1.76. The van der Waals surface area contributed by atoms with E-state index in [2.05, 4.69) is 38.3 Å². The Kier molecular flexibility index (Phi) is 3.74. The van der Waals surface area contributed by atoms with E-state index in [9.17, 15) is 0 Å². The van der Waals surface area contributed by atoms with Gasteiger partial charge in [0.2, 0.25) is 0 Å². The molecule has 2 nitrogen and oxygen atoms in total. The lowest BCUT2D eigenvalue weighted by Crippen LogP contribution is -2.40. The quantitative estimate of drug-likeness (QED) is 0.636. The molecule has 0 radical (unpaired) electrons. The molecule has 0 spiro atoms. The Hall–Kier alpha value is -0.0800. The maximum absolute atomic E-state index is 3.57. The molecule has 0 aromatic carbocycles. The van der Waals surface area contributed by atoms with Crippen molar-refractivity contribution in [2.45, 2.75) is 52.1 Å². The summed E-state index contributed by atoms with van der Waals surface area (Å²) in [5, 5.41) is 7.04. The summed E-state index contributed by atoms with van der Waals surface area (Å²) in [5.74, 6) is 0.967. The molecule has 1 saturated carbocycles. The zero-order valence-corrected chi connectivity index (χ0v) is 9.48. The van der Waals surface area contributed by atoms with Gasteiger partial charge in [-0.05, 0) is 33.1 Å². The molecule has 2 unspecified atom stereocenters. The van der Waals surface area contributed by atoms with Crippen LogP contribution in [0.25, 0.3) is 0 Å². The molecule has 1 fully saturated rings. The zero-order valence-electron chi connectivity index (χ0n) is 9.48. The first-order valence-corrected chi connectivity index (χ1v) is 5.51. The van der Waals surface area contributed by atoms with Crippen LogP contribution in [0.1, 0.15) is 40.5 Å². The topological polar surface area (TPSA) is 24.1 Å². The standard InChI is InChI=1S/C11H24N2/c1-5-9-8-10(9)12-6-7-13-11(2,3)4/h9-10,12-13H,5-8H2,1-4H3. The molecular weight excluding hydrogens is 160 g/mol. The van der Waals surface area contributed by atoms with Crippen molar-refractivity contribution >= 4 is 0 Å². The smallest absolute Gasteiger partial charge is 0.00995 e. The second-order valence-electron chi connectivity index (χ2n) is 5.14. The predicted molar refractivity (Wildman–Crippen MR) is 57.9 cm³/mol. The Morgan fingerprint density at radius 2 is 1.92 bits per heavy atom. The first kappa shape index (κ1) is 11.0. The lowest BCUT2D eigenvalue weighted by molar-refractivity contribution is 0.419. The van der Waals surface area contributed by atoms with Crippen LogP contribution in [-0.2, 0) is 0 Å². The molecule has 0 amide bonds. The SMILES string of the molecule is CCC1CC1NCCNC(C)(C)C. The Labute approximate surface area is 82.5 Å². The van der Waals surface area contributed by atoms with E-state index < -0.39 is 0 Å². The number of nitrogens with one attached hydrogen (secondary N) is 2. The molecule has 1 aliphatic rings. The monoisotopic (exact) mass is 184 g/mol. The van der Waals surface area contributed by atoms with Gasteiger partial charge in [-0.1, -0.05) is 13.3 Å². The highest BCUT2D eigenvalue weighted by Crippen LogP contribution is 2.32. The fourth-order valence-corrected chi connectivity index (χ4v) is 1.64. The third-order valence-electron chi connectivity index (χ3n) is 2.63. The van der Waals surface area contributed by atoms with E-state index in [1.165, 1.54) is 12.8 Å². The van der Waals surface area contributed by atoms with Crippen LogP contribution in [0.3, 0.4) is 0 Å². The Morgan fingerprint density at radius 1 is 1.23 bits per heavy atom. The van der Waals surface area contributed by atoms with Gasteiger partial charge >= 0.3 is 0 Å². The van der Waals surface area contributed by atoms with Gasteiger partial charge in [-0.3, -0.25) is 0 Å². The fraction of sp³-hybridized carbons (Fsp3) is 1.00. The summed E-state index contributed by atoms with van der Waals surface area (Å²) in [6, 6.07) is 0.826. The lowest BCUT2D eigenvalue weighted by atomic mass is 10.1. The zero-order chi connectivity index (χ0) is 9.90. The van der Waals surface area contributed by atoms with Crippen molar-refractivity contribution in [2.75, 3.05) is 13.1 Å². The lowest BCUT2D eigenvalue weighted by Gasteiger charge is -2.20. The second-order valence-corrected chi connectivity index (χ2v) is 5.14. The Balaban J connectivity index is 1.91. The summed E-state index contributed by atoms with van der Waals surface area (Å²) in [4.78, 5) is 0. The summed E-state index contributed by atoms with van der Waals surface area (Å²) >= 11 is 0. The van der Waals surface area contributed by atoms with E-state index >= 15 is 0 Å². The molecule has 0 aliphatic heterocycles. The second kappa shape index (κ2) is 4.43. The van der Waals surface area contributed by atoms with E-state index in [0.717, 1.165) is 25.0 Å². The molecule has 2 heteroatoms. The summed E-state index contributed by atoms with van der Waals surface area (Å²) in [6.07, 6.45) is 2.73. The van der Waals surface area contributed by atoms with Crippen LogP contribution in [0.2, 0.25) is 0 Å². The number of hydrogen-bond donors (Lipinski definition) is 2. The minimum absolute atomic E-state index is 0.259. The van der Waals surface area contributed by atoms with Gasteiger partial charge in [0.15, 0.2) is 0 Å². The normalized spacial score (nSPS) is 27.7. The maximum atomic E-state index is 3.57. The molecular formula is C11H24N2. The molecule has 0 bridgehead atoms. The molecule has 0 aromatic heterocycles. The van der Waals surface area contributed by atoms with Gasteiger partial charge in [-0.25, -0.2) is 0 Å². The molecule has 13 heavy (non-hydrogen) atoms. The molecule has 0 aromatic rings. The first-order valence-electron chi connectivity index (χ1n) is 5.51. The van der Waals surface area contributed by atoms with E-state index in [1.54, 1.807) is 0 Å². The highest BCUT2D eigenvalue weighted by Gasteiger charge is 2.34. The van der Waals surface area contributed by atoms with E-state index in [1.807, 2.05) is 0 Å². The van der Waals surface area contributed by atoms with Gasteiger partial charge in [0.05, 0.1) is 0 Å². The van der Waals surface area contributed by atoms with Gasteiger partial charge in [0, 0.05) is 24.7 Å². The van der Waals surface area contributed by atoms with Crippen molar-refractivity contribution < 1.29 is 0 Å². The summed E-state index contributed by atoms with van der Waals surface area (Å²) < 4.78 is 0. The molecule has 0 saturated heterocycles. The van der Waals surface area contributed by atoms with E-state index in [-0.39, 0.29) is 5.54 Å². The molecule has 0 heterocycles. The van der Waals surface area contributed by atoms with E-state index in [0.29, 0.717) is 0 Å². The largest absolute Gasteiger partial charge is 0.312 e. The third kappa shape index (κ3) is 4.63. The maximum Gasteiger partial charge on any atom is 0.00995 e. The molecule has 1 rings (SSSR count). The fourth-order valence-electron chi connectivity index (χ4n) is 1.64. The minimum atomic E-state index is 0.259. The van der Waals surface area contributed by atoms with Crippen molar-refractivity contribution in [1.29, 1.82) is 0 Å². The molecule has 78 valence electrons. The number of rotatable bonds is 5. The highest BCUT2D eigenvalue weighted by atomic mass is 15.0. The Morgan fingerprint density at radius 3 is 2.38 bits per heavy atom. The summed E-state index contributed by atoms with van der Waals surface area (Å²) in [5.41, 5.74) is 0.259. The van der Waals surface area contributed by atoms with Gasteiger partial charge < -0.3 is 10.6 Å². The van der Waals surface area contributed by atoms with Crippen LogP contribution in [0.5, 0.6) is 0 Å². The van der Waals surface area contributed by atoms with Gasteiger partial charge in [-0.15, -0.1) is 0 Å². The van der Waals surface area contributed by atoms with Crippen LogP contribution >= 0.6 is 0 Å². The van der Waals surface area contributed by atoms with Gasteiger partial charge in [-0.2, -0.15) is 0 Å². The van der Waals surface area contributed by atoms with Crippen LogP contribution in [0.4, 0.5) is 0 Å². The first-order chi connectivity index (χ1) is 6.03. The average Bonchev–Trinajstić information content (AvgIpc) is 2.75. The molecule has 1 aliphatic carbocycles. The van der Waals surface area contributed by atoms with Crippen LogP contribution in [0.15, 0.2) is 0 Å². The number of hydrogen-bond acceptors (Lipinski definition) is 2.